The number of rotatable bonds is 4. The van der Waals surface area contributed by atoms with Gasteiger partial charge in [-0.1, -0.05) is 23.2 Å². The Balaban J connectivity index is 3.00. The molecule has 1 atom stereocenters. The molecule has 1 N–H and O–H groups in total. The number of hydrogen-bond donors (Lipinski definition) is 1. The van der Waals surface area contributed by atoms with Gasteiger partial charge in [0.2, 0.25) is 0 Å². The Morgan fingerprint density at radius 2 is 1.89 bits per heavy atom. The average molecular weight is 303 g/mol. The minimum absolute atomic E-state index is 0.0143. The minimum Gasteiger partial charge on any atom is -0.492 e. The van der Waals surface area contributed by atoms with Gasteiger partial charge in [-0.15, -0.1) is 0 Å². The molecule has 0 aromatic heterocycles. The van der Waals surface area contributed by atoms with E-state index in [0.717, 1.165) is 0 Å². The van der Waals surface area contributed by atoms with Crippen LogP contribution in [0.2, 0.25) is 10.0 Å². The van der Waals surface area contributed by atoms with Gasteiger partial charge in [0.1, 0.15) is 5.75 Å². The van der Waals surface area contributed by atoms with Crippen molar-refractivity contribution in [2.45, 2.75) is 25.6 Å². The highest BCUT2D eigenvalue weighted by atomic mass is 35.5. The molecule has 0 bridgehead atoms. The number of alkyl halides is 3. The molecule has 0 saturated heterocycles. The first-order valence-corrected chi connectivity index (χ1v) is 5.86. The van der Waals surface area contributed by atoms with E-state index in [0.29, 0.717) is 6.61 Å². The number of halogens is 5. The lowest BCUT2D eigenvalue weighted by Crippen LogP contribution is -2.14. The summed E-state index contributed by atoms with van der Waals surface area (Å²) < 4.78 is 41.6. The summed E-state index contributed by atoms with van der Waals surface area (Å²) in [5, 5.41) is 9.57. The molecule has 0 spiro atoms. The smallest absolute Gasteiger partial charge is 0.391 e. The SMILES string of the molecule is CCOc1cc(Cl)c(C(O)CC(F)(F)F)cc1Cl. The predicted octanol–water partition coefficient (Wildman–Crippen LogP) is 4.38. The van der Waals surface area contributed by atoms with Crippen LogP contribution in [0.4, 0.5) is 13.2 Å². The molecule has 1 aromatic carbocycles. The molecule has 1 unspecified atom stereocenters. The molecule has 0 aliphatic heterocycles. The molecule has 1 rings (SSSR count). The topological polar surface area (TPSA) is 29.5 Å². The standard InChI is InChI=1S/C11H11Cl2F3O2/c1-2-18-10-4-7(12)6(3-8(10)13)9(17)5-11(14,15)16/h3-4,9,17H,2,5H2,1H3. The Morgan fingerprint density at radius 1 is 1.28 bits per heavy atom. The van der Waals surface area contributed by atoms with E-state index in [9.17, 15) is 18.3 Å². The molecule has 0 amide bonds. The van der Waals surface area contributed by atoms with E-state index in [2.05, 4.69) is 0 Å². The van der Waals surface area contributed by atoms with Gasteiger partial charge >= 0.3 is 6.18 Å². The summed E-state index contributed by atoms with van der Waals surface area (Å²) in [4.78, 5) is 0. The lowest BCUT2D eigenvalue weighted by Gasteiger charge is -2.16. The van der Waals surface area contributed by atoms with Gasteiger partial charge in [0.25, 0.3) is 0 Å². The van der Waals surface area contributed by atoms with Crippen molar-refractivity contribution < 1.29 is 23.0 Å². The third kappa shape index (κ3) is 4.23. The molecule has 2 nitrogen and oxygen atoms in total. The van der Waals surface area contributed by atoms with E-state index in [1.807, 2.05) is 0 Å². The summed E-state index contributed by atoms with van der Waals surface area (Å²) in [5.41, 5.74) is -0.0672. The quantitative estimate of drug-likeness (QED) is 0.894. The first-order valence-electron chi connectivity index (χ1n) is 5.11. The normalized spacial score (nSPS) is 13.5. The van der Waals surface area contributed by atoms with Crippen LogP contribution in [-0.2, 0) is 0 Å². The Kier molecular flexibility index (Phi) is 5.13. The number of hydrogen-bond acceptors (Lipinski definition) is 2. The highest BCUT2D eigenvalue weighted by molar-refractivity contribution is 6.34. The largest absolute Gasteiger partial charge is 0.492 e. The summed E-state index contributed by atoms with van der Waals surface area (Å²) in [6.45, 7) is 2.08. The lowest BCUT2D eigenvalue weighted by molar-refractivity contribution is -0.154. The van der Waals surface area contributed by atoms with Crippen LogP contribution in [0.3, 0.4) is 0 Å². The van der Waals surface area contributed by atoms with Crippen molar-refractivity contribution >= 4 is 23.2 Å². The molecule has 0 fully saturated rings. The summed E-state index contributed by atoms with van der Waals surface area (Å²) >= 11 is 11.6. The van der Waals surface area contributed by atoms with Gasteiger partial charge in [0.05, 0.1) is 29.2 Å². The molecular formula is C11H11Cl2F3O2. The monoisotopic (exact) mass is 302 g/mol. The summed E-state index contributed by atoms with van der Waals surface area (Å²) in [6.07, 6.45) is -7.60. The van der Waals surface area contributed by atoms with E-state index in [1.165, 1.54) is 12.1 Å². The molecule has 102 valence electrons. The molecule has 0 aliphatic rings. The van der Waals surface area contributed by atoms with Crippen LogP contribution in [0.1, 0.15) is 25.0 Å². The van der Waals surface area contributed by atoms with Crippen molar-refractivity contribution in [2.75, 3.05) is 6.61 Å². The summed E-state index contributed by atoms with van der Waals surface area (Å²) in [5.74, 6) is 0.270. The Labute approximate surface area is 112 Å². The maximum atomic E-state index is 12.2. The minimum atomic E-state index is -4.48. The number of benzene rings is 1. The second-order valence-electron chi connectivity index (χ2n) is 3.57. The maximum Gasteiger partial charge on any atom is 0.391 e. The van der Waals surface area contributed by atoms with Crippen molar-refractivity contribution in [2.24, 2.45) is 0 Å². The van der Waals surface area contributed by atoms with Gasteiger partial charge in [-0.2, -0.15) is 13.2 Å². The van der Waals surface area contributed by atoms with E-state index in [4.69, 9.17) is 27.9 Å². The van der Waals surface area contributed by atoms with Crippen LogP contribution in [0.15, 0.2) is 12.1 Å². The fourth-order valence-corrected chi connectivity index (χ4v) is 1.90. The summed E-state index contributed by atoms with van der Waals surface area (Å²) in [7, 11) is 0. The van der Waals surface area contributed by atoms with Crippen molar-refractivity contribution in [1.29, 1.82) is 0 Å². The van der Waals surface area contributed by atoms with Crippen LogP contribution in [0.25, 0.3) is 0 Å². The van der Waals surface area contributed by atoms with E-state index in [1.54, 1.807) is 6.92 Å². The molecule has 0 saturated carbocycles. The third-order valence-corrected chi connectivity index (χ3v) is 2.76. The second kappa shape index (κ2) is 5.99. The van der Waals surface area contributed by atoms with Crippen LogP contribution in [-0.4, -0.2) is 17.9 Å². The zero-order chi connectivity index (χ0) is 13.9. The Hall–Kier alpha value is -0.650. The van der Waals surface area contributed by atoms with E-state index < -0.39 is 18.7 Å². The van der Waals surface area contributed by atoms with Gasteiger partial charge < -0.3 is 9.84 Å². The van der Waals surface area contributed by atoms with Gasteiger partial charge in [-0.05, 0) is 13.0 Å². The van der Waals surface area contributed by atoms with Gasteiger partial charge in [0, 0.05) is 11.6 Å². The molecule has 18 heavy (non-hydrogen) atoms. The highest BCUT2D eigenvalue weighted by Crippen LogP contribution is 2.37. The van der Waals surface area contributed by atoms with Crippen LogP contribution < -0.4 is 4.74 Å². The van der Waals surface area contributed by atoms with Gasteiger partial charge in [0.15, 0.2) is 0 Å². The van der Waals surface area contributed by atoms with Crippen LogP contribution in [0, 0.1) is 0 Å². The van der Waals surface area contributed by atoms with E-state index in [-0.39, 0.29) is 21.4 Å². The van der Waals surface area contributed by atoms with Crippen molar-refractivity contribution in [3.8, 4) is 5.75 Å². The van der Waals surface area contributed by atoms with Crippen LogP contribution in [0.5, 0.6) is 5.75 Å². The fraction of sp³-hybridized carbons (Fsp3) is 0.455. The predicted molar refractivity (Wildman–Crippen MR) is 63.3 cm³/mol. The number of aliphatic hydroxyl groups excluding tert-OH is 1. The molecule has 7 heteroatoms. The molecular weight excluding hydrogens is 292 g/mol. The summed E-state index contributed by atoms with van der Waals surface area (Å²) in [6, 6.07) is 2.48. The van der Waals surface area contributed by atoms with Gasteiger partial charge in [-0.25, -0.2) is 0 Å². The van der Waals surface area contributed by atoms with Gasteiger partial charge in [-0.3, -0.25) is 0 Å². The van der Waals surface area contributed by atoms with Crippen LogP contribution >= 0.6 is 23.2 Å². The second-order valence-corrected chi connectivity index (χ2v) is 4.39. The molecule has 0 aliphatic carbocycles. The molecule has 1 aromatic rings. The lowest BCUT2D eigenvalue weighted by atomic mass is 10.1. The Bertz CT molecular complexity index is 421. The number of ether oxygens (including phenoxy) is 1. The number of aliphatic hydroxyl groups is 1. The highest BCUT2D eigenvalue weighted by Gasteiger charge is 2.32. The molecule has 0 heterocycles. The van der Waals surface area contributed by atoms with E-state index >= 15 is 0 Å². The maximum absolute atomic E-state index is 12.2. The zero-order valence-corrected chi connectivity index (χ0v) is 10.9. The van der Waals surface area contributed by atoms with Crippen molar-refractivity contribution in [3.63, 3.8) is 0 Å². The fourth-order valence-electron chi connectivity index (χ4n) is 1.39. The first-order chi connectivity index (χ1) is 8.24. The van der Waals surface area contributed by atoms with Crippen molar-refractivity contribution in [3.05, 3.63) is 27.7 Å². The van der Waals surface area contributed by atoms with Crippen molar-refractivity contribution in [1.82, 2.24) is 0 Å². The average Bonchev–Trinajstić information content (AvgIpc) is 2.20. The molecule has 0 radical (unpaired) electrons. The Morgan fingerprint density at radius 3 is 2.39 bits per heavy atom. The third-order valence-electron chi connectivity index (χ3n) is 2.13. The first kappa shape index (κ1) is 15.4. The zero-order valence-electron chi connectivity index (χ0n) is 9.39.